The smallest absolute Gasteiger partial charge is 0.149 e. The lowest BCUT2D eigenvalue weighted by Crippen LogP contribution is -2.18. The second-order valence-electron chi connectivity index (χ2n) is 4.01. The summed E-state index contributed by atoms with van der Waals surface area (Å²) in [6.45, 7) is 5.26. The monoisotopic (exact) mass is 326 g/mol. The SMILES string of the molecule is CCCNC(C)c1nnc(-c2cncc(Br)c2)s1. The number of nitrogens with one attached hydrogen (secondary N) is 1. The van der Waals surface area contributed by atoms with Gasteiger partial charge in [0.1, 0.15) is 10.0 Å². The van der Waals surface area contributed by atoms with Gasteiger partial charge in [-0.25, -0.2) is 0 Å². The van der Waals surface area contributed by atoms with Crippen molar-refractivity contribution in [3.8, 4) is 10.6 Å². The summed E-state index contributed by atoms with van der Waals surface area (Å²) in [5.74, 6) is 0. The van der Waals surface area contributed by atoms with E-state index in [1.807, 2.05) is 6.07 Å². The highest BCUT2D eigenvalue weighted by molar-refractivity contribution is 9.10. The fourth-order valence-electron chi connectivity index (χ4n) is 1.50. The quantitative estimate of drug-likeness (QED) is 0.914. The minimum Gasteiger partial charge on any atom is -0.308 e. The van der Waals surface area contributed by atoms with Crippen molar-refractivity contribution in [2.75, 3.05) is 6.54 Å². The molecule has 0 amide bonds. The molecule has 2 heterocycles. The van der Waals surface area contributed by atoms with Crippen molar-refractivity contribution in [1.82, 2.24) is 20.5 Å². The average Bonchev–Trinajstić information content (AvgIpc) is 2.85. The molecule has 1 atom stereocenters. The maximum atomic E-state index is 4.24. The molecule has 1 unspecified atom stereocenters. The lowest BCUT2D eigenvalue weighted by atomic mass is 10.3. The Kier molecular flexibility index (Phi) is 4.79. The Balaban J connectivity index is 2.15. The molecule has 0 bridgehead atoms. The molecule has 0 aromatic carbocycles. The van der Waals surface area contributed by atoms with E-state index in [4.69, 9.17) is 0 Å². The third-order valence-electron chi connectivity index (χ3n) is 2.46. The van der Waals surface area contributed by atoms with Gasteiger partial charge in [0, 0.05) is 22.4 Å². The highest BCUT2D eigenvalue weighted by Gasteiger charge is 2.12. The Labute approximate surface area is 119 Å². The molecule has 18 heavy (non-hydrogen) atoms. The predicted octanol–water partition coefficient (Wildman–Crippen LogP) is 3.42. The molecular formula is C12H15BrN4S. The molecule has 0 aliphatic rings. The third kappa shape index (κ3) is 3.34. The Morgan fingerprint density at radius 2 is 2.22 bits per heavy atom. The van der Waals surface area contributed by atoms with Crippen molar-refractivity contribution in [3.63, 3.8) is 0 Å². The second kappa shape index (κ2) is 6.36. The van der Waals surface area contributed by atoms with Gasteiger partial charge in [-0.15, -0.1) is 10.2 Å². The molecule has 0 spiro atoms. The number of nitrogens with zero attached hydrogens (tertiary/aromatic N) is 3. The van der Waals surface area contributed by atoms with Crippen LogP contribution in [0, 0.1) is 0 Å². The Morgan fingerprint density at radius 3 is 2.94 bits per heavy atom. The van der Waals surface area contributed by atoms with Gasteiger partial charge in [0.05, 0.1) is 6.04 Å². The Bertz CT molecular complexity index is 514. The summed E-state index contributed by atoms with van der Waals surface area (Å²) >= 11 is 5.02. The van der Waals surface area contributed by atoms with Crippen LogP contribution in [0.2, 0.25) is 0 Å². The number of aromatic nitrogens is 3. The third-order valence-corrected chi connectivity index (χ3v) is 4.05. The molecule has 0 aliphatic carbocycles. The van der Waals surface area contributed by atoms with E-state index in [9.17, 15) is 0 Å². The number of pyridine rings is 1. The fourth-order valence-corrected chi connectivity index (χ4v) is 2.72. The van der Waals surface area contributed by atoms with Gasteiger partial charge in [0.2, 0.25) is 0 Å². The average molecular weight is 327 g/mol. The molecule has 0 radical (unpaired) electrons. The first-order valence-corrected chi connectivity index (χ1v) is 7.49. The molecule has 2 aromatic rings. The normalized spacial score (nSPS) is 12.6. The van der Waals surface area contributed by atoms with E-state index < -0.39 is 0 Å². The zero-order chi connectivity index (χ0) is 13.0. The molecule has 0 fully saturated rings. The van der Waals surface area contributed by atoms with Crippen LogP contribution in [-0.4, -0.2) is 21.7 Å². The zero-order valence-corrected chi connectivity index (χ0v) is 12.8. The maximum absolute atomic E-state index is 4.24. The van der Waals surface area contributed by atoms with E-state index in [0.29, 0.717) is 0 Å². The Morgan fingerprint density at radius 1 is 1.39 bits per heavy atom. The minimum atomic E-state index is 0.247. The van der Waals surface area contributed by atoms with Crippen LogP contribution < -0.4 is 5.32 Å². The minimum absolute atomic E-state index is 0.247. The summed E-state index contributed by atoms with van der Waals surface area (Å²) in [5, 5.41) is 13.8. The van der Waals surface area contributed by atoms with Crippen molar-refractivity contribution >= 4 is 27.3 Å². The lowest BCUT2D eigenvalue weighted by Gasteiger charge is -2.08. The number of hydrogen-bond donors (Lipinski definition) is 1. The summed E-state index contributed by atoms with van der Waals surface area (Å²) in [7, 11) is 0. The molecule has 0 aliphatic heterocycles. The molecule has 96 valence electrons. The largest absolute Gasteiger partial charge is 0.308 e. The lowest BCUT2D eigenvalue weighted by molar-refractivity contribution is 0.564. The summed E-state index contributed by atoms with van der Waals surface area (Å²) < 4.78 is 0.953. The highest BCUT2D eigenvalue weighted by Crippen LogP contribution is 2.27. The van der Waals surface area contributed by atoms with Crippen LogP contribution in [0.15, 0.2) is 22.9 Å². The van der Waals surface area contributed by atoms with Crippen LogP contribution in [0.25, 0.3) is 10.6 Å². The van der Waals surface area contributed by atoms with Crippen molar-refractivity contribution in [3.05, 3.63) is 27.9 Å². The van der Waals surface area contributed by atoms with Crippen LogP contribution in [0.5, 0.6) is 0 Å². The van der Waals surface area contributed by atoms with Gasteiger partial charge < -0.3 is 5.32 Å². The standard InChI is InChI=1S/C12H15BrN4S/c1-3-4-15-8(2)11-16-17-12(18-11)9-5-10(13)7-14-6-9/h5-8,15H,3-4H2,1-2H3. The molecule has 1 N–H and O–H groups in total. The van der Waals surface area contributed by atoms with Crippen LogP contribution in [-0.2, 0) is 0 Å². The van der Waals surface area contributed by atoms with Gasteiger partial charge in [-0.3, -0.25) is 4.98 Å². The van der Waals surface area contributed by atoms with E-state index in [0.717, 1.165) is 33.0 Å². The summed E-state index contributed by atoms with van der Waals surface area (Å²) in [6.07, 6.45) is 4.68. The van der Waals surface area contributed by atoms with Crippen LogP contribution in [0.4, 0.5) is 0 Å². The van der Waals surface area contributed by atoms with Crippen molar-refractivity contribution in [2.45, 2.75) is 26.3 Å². The predicted molar refractivity (Wildman–Crippen MR) is 77.5 cm³/mol. The molecular weight excluding hydrogens is 312 g/mol. The second-order valence-corrected chi connectivity index (χ2v) is 5.94. The summed E-state index contributed by atoms with van der Waals surface area (Å²) in [5.41, 5.74) is 0.996. The molecule has 0 saturated carbocycles. The zero-order valence-electron chi connectivity index (χ0n) is 10.4. The van der Waals surface area contributed by atoms with E-state index in [1.165, 1.54) is 0 Å². The van der Waals surface area contributed by atoms with E-state index >= 15 is 0 Å². The molecule has 2 aromatic heterocycles. The molecule has 2 rings (SSSR count). The van der Waals surface area contributed by atoms with Gasteiger partial charge in [-0.1, -0.05) is 18.3 Å². The van der Waals surface area contributed by atoms with Gasteiger partial charge in [-0.2, -0.15) is 0 Å². The molecule has 0 saturated heterocycles. The van der Waals surface area contributed by atoms with Crippen molar-refractivity contribution in [1.29, 1.82) is 0 Å². The first kappa shape index (κ1) is 13.6. The first-order chi connectivity index (χ1) is 8.70. The Hall–Kier alpha value is -0.850. The van der Waals surface area contributed by atoms with Gasteiger partial charge in [0.25, 0.3) is 0 Å². The van der Waals surface area contributed by atoms with Gasteiger partial charge in [-0.05, 0) is 41.9 Å². The maximum Gasteiger partial charge on any atom is 0.149 e. The van der Waals surface area contributed by atoms with Crippen LogP contribution in [0.3, 0.4) is 0 Å². The number of rotatable bonds is 5. The van der Waals surface area contributed by atoms with Crippen LogP contribution >= 0.6 is 27.3 Å². The van der Waals surface area contributed by atoms with E-state index in [1.54, 1.807) is 23.7 Å². The highest BCUT2D eigenvalue weighted by atomic mass is 79.9. The van der Waals surface area contributed by atoms with Gasteiger partial charge in [0.15, 0.2) is 0 Å². The summed E-state index contributed by atoms with van der Waals surface area (Å²) in [6, 6.07) is 2.25. The fraction of sp³-hybridized carbons (Fsp3) is 0.417. The van der Waals surface area contributed by atoms with E-state index in [2.05, 4.69) is 50.3 Å². The molecule has 4 nitrogen and oxygen atoms in total. The van der Waals surface area contributed by atoms with E-state index in [-0.39, 0.29) is 6.04 Å². The first-order valence-electron chi connectivity index (χ1n) is 5.88. The van der Waals surface area contributed by atoms with Crippen molar-refractivity contribution < 1.29 is 0 Å². The summed E-state index contributed by atoms with van der Waals surface area (Å²) in [4.78, 5) is 4.14. The number of halogens is 1. The number of hydrogen-bond acceptors (Lipinski definition) is 5. The topological polar surface area (TPSA) is 50.7 Å². The van der Waals surface area contributed by atoms with Gasteiger partial charge >= 0.3 is 0 Å². The molecule has 6 heteroatoms. The van der Waals surface area contributed by atoms with Crippen LogP contribution in [0.1, 0.15) is 31.3 Å². The van der Waals surface area contributed by atoms with Crippen molar-refractivity contribution in [2.24, 2.45) is 0 Å².